The molecule has 1 aliphatic carbocycles. The van der Waals surface area contributed by atoms with Gasteiger partial charge in [0.25, 0.3) is 0 Å². The molecule has 0 saturated heterocycles. The van der Waals surface area contributed by atoms with Gasteiger partial charge in [-0.15, -0.1) is 0 Å². The van der Waals surface area contributed by atoms with Gasteiger partial charge in [-0.3, -0.25) is 4.79 Å². The van der Waals surface area contributed by atoms with Crippen molar-refractivity contribution in [3.63, 3.8) is 0 Å². The zero-order valence-electron chi connectivity index (χ0n) is 6.64. The number of rotatable bonds is 1. The van der Waals surface area contributed by atoms with Crippen LogP contribution in [0.2, 0.25) is 0 Å². The highest BCUT2D eigenvalue weighted by molar-refractivity contribution is 5.76. The lowest BCUT2D eigenvalue weighted by atomic mass is 9.85. The Morgan fingerprint density at radius 1 is 1.46 bits per heavy atom. The standard InChI is InChI=1S/C7H9F3O3/c8-7(9,10)6(5(12)13)2-1-4(11)3-6/h4,11H,1-3H2,(H,12,13)/t4-,6+/m1/s1. The minimum atomic E-state index is -4.78. The Morgan fingerprint density at radius 2 is 2.00 bits per heavy atom. The van der Waals surface area contributed by atoms with Crippen LogP contribution in [-0.4, -0.2) is 28.5 Å². The maximum Gasteiger partial charge on any atom is 0.405 e. The molecule has 2 atom stereocenters. The van der Waals surface area contributed by atoms with E-state index in [0.29, 0.717) is 0 Å². The summed E-state index contributed by atoms with van der Waals surface area (Å²) in [6.45, 7) is 0. The first kappa shape index (κ1) is 10.3. The minimum Gasteiger partial charge on any atom is -0.481 e. The molecule has 76 valence electrons. The van der Waals surface area contributed by atoms with Crippen LogP contribution < -0.4 is 0 Å². The first-order valence-electron chi connectivity index (χ1n) is 3.78. The van der Waals surface area contributed by atoms with E-state index in [1.165, 1.54) is 0 Å². The van der Waals surface area contributed by atoms with Crippen molar-refractivity contribution in [3.8, 4) is 0 Å². The number of halogens is 3. The second kappa shape index (κ2) is 2.87. The molecule has 1 aliphatic rings. The highest BCUT2D eigenvalue weighted by atomic mass is 19.4. The van der Waals surface area contributed by atoms with E-state index in [1.807, 2.05) is 0 Å². The Balaban J connectivity index is 2.97. The molecule has 0 radical (unpaired) electrons. The number of aliphatic carboxylic acids is 1. The summed E-state index contributed by atoms with van der Waals surface area (Å²) in [6.07, 6.45) is -7.31. The average molecular weight is 198 g/mol. The third kappa shape index (κ3) is 1.50. The van der Waals surface area contributed by atoms with Gasteiger partial charge in [0.1, 0.15) is 0 Å². The number of aliphatic hydroxyl groups excluding tert-OH is 1. The molecule has 0 aromatic heterocycles. The quantitative estimate of drug-likeness (QED) is 0.664. The molecule has 0 heterocycles. The van der Waals surface area contributed by atoms with Crippen molar-refractivity contribution in [2.24, 2.45) is 5.41 Å². The Labute approximate surface area is 72.2 Å². The minimum absolute atomic E-state index is 0.105. The van der Waals surface area contributed by atoms with Crippen LogP contribution >= 0.6 is 0 Å². The molecule has 1 saturated carbocycles. The topological polar surface area (TPSA) is 57.5 Å². The lowest BCUT2D eigenvalue weighted by Crippen LogP contribution is -2.43. The average Bonchev–Trinajstić information content (AvgIpc) is 2.30. The summed E-state index contributed by atoms with van der Waals surface area (Å²) in [5, 5.41) is 17.4. The highest BCUT2D eigenvalue weighted by Crippen LogP contribution is 2.50. The summed E-state index contributed by atoms with van der Waals surface area (Å²) in [5.74, 6) is -1.89. The van der Waals surface area contributed by atoms with E-state index >= 15 is 0 Å². The summed E-state index contributed by atoms with van der Waals surface area (Å²) in [4.78, 5) is 10.5. The number of alkyl halides is 3. The monoisotopic (exact) mass is 198 g/mol. The molecule has 0 unspecified atom stereocenters. The number of carbonyl (C=O) groups is 1. The van der Waals surface area contributed by atoms with Gasteiger partial charge in [-0.2, -0.15) is 13.2 Å². The zero-order valence-corrected chi connectivity index (χ0v) is 6.64. The molecular formula is C7H9F3O3. The van der Waals surface area contributed by atoms with Crippen molar-refractivity contribution in [2.45, 2.75) is 31.5 Å². The van der Waals surface area contributed by atoms with Crippen LogP contribution in [0, 0.1) is 5.41 Å². The fourth-order valence-electron chi connectivity index (χ4n) is 1.59. The van der Waals surface area contributed by atoms with E-state index in [4.69, 9.17) is 10.2 Å². The molecule has 1 fully saturated rings. The molecule has 6 heteroatoms. The lowest BCUT2D eigenvalue weighted by Gasteiger charge is -2.26. The number of hydrogen-bond donors (Lipinski definition) is 2. The number of aliphatic hydroxyl groups is 1. The lowest BCUT2D eigenvalue weighted by molar-refractivity contribution is -0.231. The van der Waals surface area contributed by atoms with Gasteiger partial charge in [-0.05, 0) is 19.3 Å². The van der Waals surface area contributed by atoms with Crippen molar-refractivity contribution < 1.29 is 28.2 Å². The van der Waals surface area contributed by atoms with E-state index in [-0.39, 0.29) is 6.42 Å². The third-order valence-corrected chi connectivity index (χ3v) is 2.44. The fraction of sp³-hybridized carbons (Fsp3) is 0.857. The predicted molar refractivity (Wildman–Crippen MR) is 36.0 cm³/mol. The number of hydrogen-bond acceptors (Lipinski definition) is 2. The van der Waals surface area contributed by atoms with Crippen molar-refractivity contribution >= 4 is 5.97 Å². The van der Waals surface area contributed by atoms with Crippen LogP contribution in [0.1, 0.15) is 19.3 Å². The van der Waals surface area contributed by atoms with Gasteiger partial charge in [0.05, 0.1) is 6.10 Å². The molecule has 1 rings (SSSR count). The van der Waals surface area contributed by atoms with Gasteiger partial charge >= 0.3 is 12.1 Å². The Hall–Kier alpha value is -0.780. The fourth-order valence-corrected chi connectivity index (χ4v) is 1.59. The third-order valence-electron chi connectivity index (χ3n) is 2.44. The first-order valence-corrected chi connectivity index (χ1v) is 3.78. The maximum atomic E-state index is 12.3. The second-order valence-corrected chi connectivity index (χ2v) is 3.28. The normalized spacial score (nSPS) is 34.9. The van der Waals surface area contributed by atoms with Crippen LogP contribution in [-0.2, 0) is 4.79 Å². The van der Waals surface area contributed by atoms with Crippen molar-refractivity contribution in [1.29, 1.82) is 0 Å². The predicted octanol–water partition coefficient (Wildman–Crippen LogP) is 1.16. The van der Waals surface area contributed by atoms with Crippen LogP contribution in [0.25, 0.3) is 0 Å². The van der Waals surface area contributed by atoms with E-state index in [0.717, 1.165) is 0 Å². The van der Waals surface area contributed by atoms with Gasteiger partial charge in [0, 0.05) is 0 Å². The number of carboxylic acid groups (broad SMARTS) is 1. The van der Waals surface area contributed by atoms with Gasteiger partial charge in [-0.25, -0.2) is 0 Å². The summed E-state index contributed by atoms with van der Waals surface area (Å²) in [6, 6.07) is 0. The van der Waals surface area contributed by atoms with Crippen molar-refractivity contribution in [3.05, 3.63) is 0 Å². The smallest absolute Gasteiger partial charge is 0.405 e. The Kier molecular flexibility index (Phi) is 2.27. The van der Waals surface area contributed by atoms with Gasteiger partial charge < -0.3 is 10.2 Å². The Bertz CT molecular complexity index is 226. The molecule has 0 amide bonds. The molecule has 2 N–H and O–H groups in total. The molecule has 13 heavy (non-hydrogen) atoms. The van der Waals surface area contributed by atoms with Gasteiger partial charge in [0.2, 0.25) is 0 Å². The van der Waals surface area contributed by atoms with Crippen LogP contribution in [0.15, 0.2) is 0 Å². The zero-order chi connectivity index (χ0) is 10.3. The maximum absolute atomic E-state index is 12.3. The van der Waals surface area contributed by atoms with Crippen molar-refractivity contribution in [2.75, 3.05) is 0 Å². The first-order chi connectivity index (χ1) is 5.79. The van der Waals surface area contributed by atoms with Crippen LogP contribution in [0.4, 0.5) is 13.2 Å². The molecule has 0 aromatic carbocycles. The largest absolute Gasteiger partial charge is 0.481 e. The van der Waals surface area contributed by atoms with Gasteiger partial charge in [0.15, 0.2) is 5.41 Å². The van der Waals surface area contributed by atoms with Gasteiger partial charge in [-0.1, -0.05) is 0 Å². The van der Waals surface area contributed by atoms with Crippen LogP contribution in [0.3, 0.4) is 0 Å². The number of carboxylic acids is 1. The molecule has 0 spiro atoms. The van der Waals surface area contributed by atoms with Crippen molar-refractivity contribution in [1.82, 2.24) is 0 Å². The SMILES string of the molecule is O=C(O)[C@]1(C(F)(F)F)CC[C@@H](O)C1. The summed E-state index contributed by atoms with van der Waals surface area (Å²) in [7, 11) is 0. The molecule has 3 nitrogen and oxygen atoms in total. The highest BCUT2D eigenvalue weighted by Gasteiger charge is 2.63. The molecule has 0 bridgehead atoms. The molecule has 0 aliphatic heterocycles. The molecule has 0 aromatic rings. The van der Waals surface area contributed by atoms with E-state index in [2.05, 4.69) is 0 Å². The summed E-state index contributed by atoms with van der Waals surface area (Å²) < 4.78 is 37.0. The molecular weight excluding hydrogens is 189 g/mol. The van der Waals surface area contributed by atoms with Crippen LogP contribution in [0.5, 0.6) is 0 Å². The van der Waals surface area contributed by atoms with E-state index in [1.54, 1.807) is 0 Å². The Morgan fingerprint density at radius 3 is 2.15 bits per heavy atom. The summed E-state index contributed by atoms with van der Waals surface area (Å²) in [5.41, 5.74) is -2.73. The summed E-state index contributed by atoms with van der Waals surface area (Å²) >= 11 is 0. The second-order valence-electron chi connectivity index (χ2n) is 3.28. The van der Waals surface area contributed by atoms with E-state index < -0.39 is 36.5 Å². The van der Waals surface area contributed by atoms with E-state index in [9.17, 15) is 18.0 Å².